The molecule has 18 heavy (non-hydrogen) atoms. The second-order valence-electron chi connectivity index (χ2n) is 3.30. The number of aromatic nitrogens is 2. The lowest BCUT2D eigenvalue weighted by molar-refractivity contribution is 0.413. The van der Waals surface area contributed by atoms with E-state index in [9.17, 15) is 4.39 Å². The molecule has 0 amide bonds. The van der Waals surface area contributed by atoms with E-state index in [-0.39, 0.29) is 16.6 Å². The van der Waals surface area contributed by atoms with Gasteiger partial charge in [-0.2, -0.15) is 0 Å². The zero-order valence-corrected chi connectivity index (χ0v) is 11.6. The molecule has 0 bridgehead atoms. The fraction of sp³-hybridized carbons (Fsp3) is 0.0909. The lowest BCUT2D eigenvalue weighted by Gasteiger charge is -2.11. The number of methoxy groups -OCH3 is 1. The summed E-state index contributed by atoms with van der Waals surface area (Å²) in [6, 6.07) is 4.63. The van der Waals surface area contributed by atoms with Crippen LogP contribution in [0.5, 0.6) is 5.75 Å². The van der Waals surface area contributed by atoms with Crippen molar-refractivity contribution in [3.8, 4) is 5.75 Å². The van der Waals surface area contributed by atoms with E-state index < -0.39 is 5.82 Å². The molecular formula is C11H8BrClFN3O. The number of benzene rings is 1. The van der Waals surface area contributed by atoms with Gasteiger partial charge in [-0.25, -0.2) is 14.4 Å². The third kappa shape index (κ3) is 2.70. The fourth-order valence-electron chi connectivity index (χ4n) is 1.34. The third-order valence-electron chi connectivity index (χ3n) is 2.15. The summed E-state index contributed by atoms with van der Waals surface area (Å²) in [7, 11) is 1.44. The smallest absolute Gasteiger partial charge is 0.199 e. The van der Waals surface area contributed by atoms with Crippen LogP contribution in [0, 0.1) is 5.82 Å². The van der Waals surface area contributed by atoms with Crippen molar-refractivity contribution < 1.29 is 9.13 Å². The zero-order valence-electron chi connectivity index (χ0n) is 9.25. The predicted octanol–water partition coefficient (Wildman–Crippen LogP) is 3.78. The van der Waals surface area contributed by atoms with Gasteiger partial charge in [0, 0.05) is 4.47 Å². The monoisotopic (exact) mass is 331 g/mol. The second-order valence-corrected chi connectivity index (χ2v) is 4.57. The van der Waals surface area contributed by atoms with Gasteiger partial charge >= 0.3 is 0 Å². The molecule has 0 spiro atoms. The lowest BCUT2D eigenvalue weighted by Crippen LogP contribution is -2.00. The van der Waals surface area contributed by atoms with Crippen molar-refractivity contribution in [1.29, 1.82) is 0 Å². The largest absolute Gasteiger partial charge is 0.490 e. The van der Waals surface area contributed by atoms with Crippen molar-refractivity contribution in [2.75, 3.05) is 12.4 Å². The molecule has 2 rings (SSSR count). The van der Waals surface area contributed by atoms with Gasteiger partial charge < -0.3 is 10.1 Å². The van der Waals surface area contributed by atoms with E-state index in [2.05, 4.69) is 31.2 Å². The Hall–Kier alpha value is -1.40. The van der Waals surface area contributed by atoms with E-state index in [1.54, 1.807) is 12.1 Å². The second kappa shape index (κ2) is 5.49. The van der Waals surface area contributed by atoms with Gasteiger partial charge in [-0.3, -0.25) is 0 Å². The Labute approximate surface area is 116 Å². The molecule has 0 saturated heterocycles. The van der Waals surface area contributed by atoms with Crippen LogP contribution >= 0.6 is 27.5 Å². The predicted molar refractivity (Wildman–Crippen MR) is 71.0 cm³/mol. The highest BCUT2D eigenvalue weighted by atomic mass is 79.9. The maximum Gasteiger partial charge on any atom is 0.199 e. The highest BCUT2D eigenvalue weighted by Crippen LogP contribution is 2.31. The van der Waals surface area contributed by atoms with Gasteiger partial charge in [0.1, 0.15) is 12.1 Å². The number of halogens is 3. The molecule has 0 aliphatic carbocycles. The summed E-state index contributed by atoms with van der Waals surface area (Å²) in [5.74, 6) is 0.154. The SMILES string of the molecule is COc1c(Cl)ncnc1Nc1ccc(Br)cc1F. The standard InChI is InChI=1S/C11H8BrClFN3O/c1-18-9-10(13)15-5-16-11(9)17-8-3-2-6(12)4-7(8)14/h2-5H,1H3,(H,15,16,17). The number of hydrogen-bond donors (Lipinski definition) is 1. The minimum atomic E-state index is -0.416. The molecule has 0 radical (unpaired) electrons. The first-order chi connectivity index (χ1) is 8.61. The minimum Gasteiger partial charge on any atom is -0.490 e. The van der Waals surface area contributed by atoms with Crippen LogP contribution in [0.4, 0.5) is 15.9 Å². The zero-order chi connectivity index (χ0) is 13.1. The van der Waals surface area contributed by atoms with Crippen molar-refractivity contribution >= 4 is 39.0 Å². The normalized spacial score (nSPS) is 10.2. The molecule has 94 valence electrons. The molecule has 1 heterocycles. The van der Waals surface area contributed by atoms with E-state index in [1.807, 2.05) is 0 Å². The molecule has 7 heteroatoms. The van der Waals surface area contributed by atoms with Crippen molar-refractivity contribution in [2.24, 2.45) is 0 Å². The maximum absolute atomic E-state index is 13.7. The van der Waals surface area contributed by atoms with Gasteiger partial charge in [0.2, 0.25) is 0 Å². The lowest BCUT2D eigenvalue weighted by atomic mass is 10.3. The minimum absolute atomic E-state index is 0.160. The molecule has 1 N–H and O–H groups in total. The van der Waals surface area contributed by atoms with Crippen LogP contribution < -0.4 is 10.1 Å². The van der Waals surface area contributed by atoms with E-state index in [4.69, 9.17) is 16.3 Å². The van der Waals surface area contributed by atoms with Crippen molar-refractivity contribution in [3.63, 3.8) is 0 Å². The van der Waals surface area contributed by atoms with Gasteiger partial charge in [0.25, 0.3) is 0 Å². The van der Waals surface area contributed by atoms with Gasteiger partial charge in [0.05, 0.1) is 12.8 Å². The van der Waals surface area contributed by atoms with Crippen LogP contribution in [0.1, 0.15) is 0 Å². The van der Waals surface area contributed by atoms with Crippen LogP contribution in [0.15, 0.2) is 29.0 Å². The van der Waals surface area contributed by atoms with Crippen molar-refractivity contribution in [2.45, 2.75) is 0 Å². The molecule has 0 aliphatic heterocycles. The molecule has 0 unspecified atom stereocenters. The van der Waals surface area contributed by atoms with Crippen molar-refractivity contribution in [1.82, 2.24) is 9.97 Å². The van der Waals surface area contributed by atoms with Gasteiger partial charge in [-0.05, 0) is 18.2 Å². The van der Waals surface area contributed by atoms with Crippen LogP contribution in [-0.2, 0) is 0 Å². The summed E-state index contributed by atoms with van der Waals surface area (Å²) in [6.45, 7) is 0. The van der Waals surface area contributed by atoms with Crippen LogP contribution in [0.25, 0.3) is 0 Å². The number of hydrogen-bond acceptors (Lipinski definition) is 4. The summed E-state index contributed by atoms with van der Waals surface area (Å²) in [5, 5.41) is 2.96. The first-order valence-corrected chi connectivity index (χ1v) is 6.05. The molecule has 0 atom stereocenters. The molecule has 2 aromatic rings. The summed E-state index contributed by atoms with van der Waals surface area (Å²) in [6.07, 6.45) is 1.27. The van der Waals surface area contributed by atoms with Crippen LogP contribution in [0.3, 0.4) is 0 Å². The molecule has 0 fully saturated rings. The molecular weight excluding hydrogens is 324 g/mol. The Morgan fingerprint density at radius 3 is 2.83 bits per heavy atom. The summed E-state index contributed by atoms with van der Waals surface area (Å²) >= 11 is 9.03. The van der Waals surface area contributed by atoms with E-state index >= 15 is 0 Å². The Morgan fingerprint density at radius 2 is 2.17 bits per heavy atom. The van der Waals surface area contributed by atoms with E-state index in [0.29, 0.717) is 10.3 Å². The average Bonchev–Trinajstić information content (AvgIpc) is 2.33. The average molecular weight is 333 g/mol. The Kier molecular flexibility index (Phi) is 3.98. The van der Waals surface area contributed by atoms with E-state index in [1.165, 1.54) is 19.5 Å². The Morgan fingerprint density at radius 1 is 1.39 bits per heavy atom. The number of anilines is 2. The third-order valence-corrected chi connectivity index (χ3v) is 2.91. The molecule has 4 nitrogen and oxygen atoms in total. The Balaban J connectivity index is 2.37. The topological polar surface area (TPSA) is 47.0 Å². The summed E-state index contributed by atoms with van der Waals surface area (Å²) < 4.78 is 19.4. The molecule has 0 aliphatic rings. The van der Waals surface area contributed by atoms with Crippen LogP contribution in [0.2, 0.25) is 5.15 Å². The number of nitrogens with one attached hydrogen (secondary N) is 1. The van der Waals surface area contributed by atoms with Gasteiger partial charge in [0.15, 0.2) is 16.7 Å². The Bertz CT molecular complexity index is 582. The molecule has 0 saturated carbocycles. The molecule has 1 aromatic carbocycles. The van der Waals surface area contributed by atoms with Crippen LogP contribution in [-0.4, -0.2) is 17.1 Å². The molecule has 1 aromatic heterocycles. The number of ether oxygens (including phenoxy) is 1. The maximum atomic E-state index is 13.7. The van der Waals surface area contributed by atoms with E-state index in [0.717, 1.165) is 0 Å². The first kappa shape index (κ1) is 13.0. The van der Waals surface area contributed by atoms with Gasteiger partial charge in [-0.1, -0.05) is 27.5 Å². The highest BCUT2D eigenvalue weighted by molar-refractivity contribution is 9.10. The summed E-state index contributed by atoms with van der Waals surface area (Å²) in [4.78, 5) is 7.74. The highest BCUT2D eigenvalue weighted by Gasteiger charge is 2.12. The number of rotatable bonds is 3. The first-order valence-electron chi connectivity index (χ1n) is 4.88. The van der Waals surface area contributed by atoms with Crippen molar-refractivity contribution in [3.05, 3.63) is 40.0 Å². The van der Waals surface area contributed by atoms with Gasteiger partial charge in [-0.15, -0.1) is 0 Å². The number of nitrogens with zero attached hydrogens (tertiary/aromatic N) is 2. The summed E-state index contributed by atoms with van der Waals surface area (Å²) in [5.41, 5.74) is 0.270. The fourth-order valence-corrected chi connectivity index (χ4v) is 1.88. The quantitative estimate of drug-likeness (QED) is 0.869.